The Labute approximate surface area is 174 Å². The number of ether oxygens (including phenoxy) is 1. The molecule has 1 aliphatic rings. The minimum absolute atomic E-state index is 0.121. The molecule has 1 fully saturated rings. The van der Waals surface area contributed by atoms with Crippen molar-refractivity contribution in [2.24, 2.45) is 0 Å². The molecule has 0 saturated carbocycles. The van der Waals surface area contributed by atoms with Gasteiger partial charge in [-0.2, -0.15) is 0 Å². The lowest BCUT2D eigenvalue weighted by Crippen LogP contribution is -2.36. The summed E-state index contributed by atoms with van der Waals surface area (Å²) in [5, 5.41) is 4.96. The lowest BCUT2D eigenvalue weighted by molar-refractivity contribution is 0.102. The minimum atomic E-state index is -0.121. The van der Waals surface area contributed by atoms with E-state index in [-0.39, 0.29) is 5.91 Å². The largest absolute Gasteiger partial charge is 0.378 e. The molecule has 0 unspecified atom stereocenters. The number of hydrogen-bond donors (Lipinski definition) is 1. The molecule has 27 heavy (non-hydrogen) atoms. The zero-order valence-electron chi connectivity index (χ0n) is 14.5. The van der Waals surface area contributed by atoms with Crippen LogP contribution in [-0.2, 0) is 4.74 Å². The van der Waals surface area contributed by atoms with Crippen molar-refractivity contribution in [3.8, 4) is 0 Å². The maximum absolute atomic E-state index is 12.9. The van der Waals surface area contributed by atoms with E-state index < -0.39 is 0 Å². The van der Waals surface area contributed by atoms with Crippen molar-refractivity contribution in [2.75, 3.05) is 36.5 Å². The van der Waals surface area contributed by atoms with Gasteiger partial charge < -0.3 is 15.0 Å². The third-order valence-corrected chi connectivity index (χ3v) is 6.00. The summed E-state index contributed by atoms with van der Waals surface area (Å²) < 4.78 is 7.35. The van der Waals surface area contributed by atoms with Gasteiger partial charge in [-0.25, -0.2) is 0 Å². The summed E-state index contributed by atoms with van der Waals surface area (Å²) in [6.07, 6.45) is 0. The van der Waals surface area contributed by atoms with Crippen LogP contribution in [0.2, 0.25) is 0 Å². The van der Waals surface area contributed by atoms with E-state index in [0.29, 0.717) is 5.56 Å². The molecule has 3 aromatic carbocycles. The fraction of sp³-hybridized carbons (Fsp3) is 0.190. The van der Waals surface area contributed by atoms with Gasteiger partial charge in [-0.3, -0.25) is 4.79 Å². The number of hydrogen-bond acceptors (Lipinski definition) is 3. The van der Waals surface area contributed by atoms with Gasteiger partial charge in [-0.05, 0) is 57.0 Å². The van der Waals surface area contributed by atoms with Gasteiger partial charge in [0.2, 0.25) is 0 Å². The summed E-state index contributed by atoms with van der Waals surface area (Å²) in [5.74, 6) is -0.121. The Balaban J connectivity index is 1.58. The van der Waals surface area contributed by atoms with Gasteiger partial charge in [0.05, 0.1) is 18.9 Å². The topological polar surface area (TPSA) is 41.6 Å². The monoisotopic (exact) mass is 488 g/mol. The van der Waals surface area contributed by atoms with Crippen molar-refractivity contribution in [1.82, 2.24) is 0 Å². The van der Waals surface area contributed by atoms with E-state index in [1.165, 1.54) is 0 Å². The van der Waals surface area contributed by atoms with Gasteiger partial charge in [0.1, 0.15) is 0 Å². The van der Waals surface area contributed by atoms with Crippen LogP contribution in [0.15, 0.2) is 63.5 Å². The zero-order chi connectivity index (χ0) is 18.8. The number of nitrogens with zero attached hydrogens (tertiary/aromatic N) is 1. The minimum Gasteiger partial charge on any atom is -0.378 e. The van der Waals surface area contributed by atoms with E-state index in [9.17, 15) is 4.79 Å². The van der Waals surface area contributed by atoms with Crippen LogP contribution < -0.4 is 10.2 Å². The average molecular weight is 490 g/mol. The standard InChI is InChI=1S/C21H18Br2N2O2/c22-18-6-2-3-15-16(18)4-1-5-17(15)21(26)24-14-7-8-20(19(23)13-14)25-9-11-27-12-10-25/h1-8,13H,9-12H2,(H,24,26). The first-order valence-corrected chi connectivity index (χ1v) is 10.3. The number of benzene rings is 3. The first kappa shape index (κ1) is 18.5. The fourth-order valence-electron chi connectivity index (χ4n) is 3.31. The molecule has 0 aromatic heterocycles. The normalized spacial score (nSPS) is 14.4. The van der Waals surface area contributed by atoms with Crippen molar-refractivity contribution < 1.29 is 9.53 Å². The second-order valence-electron chi connectivity index (χ2n) is 6.36. The summed E-state index contributed by atoms with van der Waals surface area (Å²) in [7, 11) is 0. The Hall–Kier alpha value is -1.89. The van der Waals surface area contributed by atoms with Crippen LogP contribution in [0.3, 0.4) is 0 Å². The van der Waals surface area contributed by atoms with Gasteiger partial charge in [0, 0.05) is 33.3 Å². The molecule has 1 N–H and O–H groups in total. The number of rotatable bonds is 3. The molecular weight excluding hydrogens is 472 g/mol. The number of carbonyl (C=O) groups is 1. The number of morpholine rings is 1. The molecule has 0 spiro atoms. The SMILES string of the molecule is O=C(Nc1ccc(N2CCOCC2)c(Br)c1)c1cccc2c(Br)cccc12. The van der Waals surface area contributed by atoms with Crippen LogP contribution in [0, 0.1) is 0 Å². The second kappa shape index (κ2) is 8.00. The third kappa shape index (κ3) is 3.88. The lowest BCUT2D eigenvalue weighted by atomic mass is 10.0. The molecule has 4 nitrogen and oxygen atoms in total. The Morgan fingerprint density at radius 1 is 0.926 bits per heavy atom. The van der Waals surface area contributed by atoms with E-state index in [1.54, 1.807) is 0 Å². The molecule has 0 bridgehead atoms. The van der Waals surface area contributed by atoms with Gasteiger partial charge in [0.25, 0.3) is 5.91 Å². The van der Waals surface area contributed by atoms with Crippen molar-refractivity contribution in [2.45, 2.75) is 0 Å². The van der Waals surface area contributed by atoms with Crippen molar-refractivity contribution in [1.29, 1.82) is 0 Å². The summed E-state index contributed by atoms with van der Waals surface area (Å²) >= 11 is 7.19. The molecule has 6 heteroatoms. The predicted molar refractivity (Wildman–Crippen MR) is 117 cm³/mol. The highest BCUT2D eigenvalue weighted by molar-refractivity contribution is 9.11. The highest BCUT2D eigenvalue weighted by Gasteiger charge is 2.16. The summed E-state index contributed by atoms with van der Waals surface area (Å²) in [5.41, 5.74) is 2.53. The van der Waals surface area contributed by atoms with E-state index in [2.05, 4.69) is 42.1 Å². The van der Waals surface area contributed by atoms with Crippen LogP contribution in [-0.4, -0.2) is 32.2 Å². The van der Waals surface area contributed by atoms with Gasteiger partial charge in [-0.1, -0.05) is 40.2 Å². The predicted octanol–water partition coefficient (Wildman–Crippen LogP) is 5.45. The van der Waals surface area contributed by atoms with Crippen molar-refractivity contribution >= 4 is 59.9 Å². The first-order chi connectivity index (χ1) is 13.1. The number of anilines is 2. The van der Waals surface area contributed by atoms with E-state index in [0.717, 1.165) is 57.4 Å². The smallest absolute Gasteiger partial charge is 0.256 e. The lowest BCUT2D eigenvalue weighted by Gasteiger charge is -2.29. The van der Waals surface area contributed by atoms with Gasteiger partial charge in [0.15, 0.2) is 0 Å². The Morgan fingerprint density at radius 3 is 2.44 bits per heavy atom. The van der Waals surface area contributed by atoms with Gasteiger partial charge in [-0.15, -0.1) is 0 Å². The van der Waals surface area contributed by atoms with Crippen LogP contribution in [0.1, 0.15) is 10.4 Å². The van der Waals surface area contributed by atoms with E-state index in [1.807, 2.05) is 54.6 Å². The number of amides is 1. The molecule has 1 heterocycles. The highest BCUT2D eigenvalue weighted by Crippen LogP contribution is 2.31. The molecular formula is C21H18Br2N2O2. The quantitative estimate of drug-likeness (QED) is 0.531. The Bertz CT molecular complexity index is 1000. The molecule has 0 radical (unpaired) electrons. The van der Waals surface area contributed by atoms with Crippen molar-refractivity contribution in [3.05, 3.63) is 69.1 Å². The maximum atomic E-state index is 12.9. The molecule has 1 saturated heterocycles. The third-order valence-electron chi connectivity index (χ3n) is 4.67. The molecule has 138 valence electrons. The maximum Gasteiger partial charge on any atom is 0.256 e. The number of nitrogens with one attached hydrogen (secondary N) is 1. The van der Waals surface area contributed by atoms with Crippen LogP contribution in [0.4, 0.5) is 11.4 Å². The molecule has 4 rings (SSSR count). The fourth-order valence-corrected chi connectivity index (χ4v) is 4.44. The van der Waals surface area contributed by atoms with E-state index >= 15 is 0 Å². The average Bonchev–Trinajstić information content (AvgIpc) is 2.69. The number of carbonyl (C=O) groups excluding carboxylic acids is 1. The highest BCUT2D eigenvalue weighted by atomic mass is 79.9. The zero-order valence-corrected chi connectivity index (χ0v) is 17.7. The Kier molecular flexibility index (Phi) is 5.48. The Morgan fingerprint density at radius 2 is 1.67 bits per heavy atom. The molecule has 0 aliphatic carbocycles. The molecule has 1 amide bonds. The molecule has 1 aliphatic heterocycles. The number of fused-ring (bicyclic) bond motifs is 1. The molecule has 0 atom stereocenters. The second-order valence-corrected chi connectivity index (χ2v) is 8.07. The van der Waals surface area contributed by atoms with Crippen LogP contribution in [0.5, 0.6) is 0 Å². The van der Waals surface area contributed by atoms with Crippen LogP contribution >= 0.6 is 31.9 Å². The molecule has 3 aromatic rings. The first-order valence-electron chi connectivity index (χ1n) is 8.74. The number of halogens is 2. The summed E-state index contributed by atoms with van der Waals surface area (Å²) in [6, 6.07) is 17.6. The summed E-state index contributed by atoms with van der Waals surface area (Å²) in [4.78, 5) is 15.1. The van der Waals surface area contributed by atoms with Crippen molar-refractivity contribution in [3.63, 3.8) is 0 Å². The van der Waals surface area contributed by atoms with Gasteiger partial charge >= 0.3 is 0 Å². The van der Waals surface area contributed by atoms with Crippen LogP contribution in [0.25, 0.3) is 10.8 Å². The summed E-state index contributed by atoms with van der Waals surface area (Å²) in [6.45, 7) is 3.22. The van der Waals surface area contributed by atoms with E-state index in [4.69, 9.17) is 4.74 Å².